The van der Waals surface area contributed by atoms with Crippen LogP contribution in [0.25, 0.3) is 11.1 Å². The first-order valence-electron chi connectivity index (χ1n) is 9.86. The maximum atomic E-state index is 12.2. The van der Waals surface area contributed by atoms with Gasteiger partial charge >= 0.3 is 0 Å². The number of nitrogens with zero attached hydrogens (tertiary/aromatic N) is 1. The lowest BCUT2D eigenvalue weighted by Gasteiger charge is -2.23. The van der Waals surface area contributed by atoms with Crippen molar-refractivity contribution >= 4 is 28.1 Å². The SMILES string of the molecule is CC(C)S(=O)(=O)Nc1cncc(-c2ccccc2OC2CC3CNCC2C3)c1.Cl. The first-order valence-corrected chi connectivity index (χ1v) is 11.4. The maximum absolute atomic E-state index is 12.2. The Morgan fingerprint density at radius 3 is 2.72 bits per heavy atom. The second-order valence-electron chi connectivity index (χ2n) is 8.07. The van der Waals surface area contributed by atoms with Crippen molar-refractivity contribution in [2.45, 2.75) is 38.0 Å². The minimum absolute atomic E-state index is 0. The molecule has 1 aliphatic heterocycles. The molecule has 0 spiro atoms. The first-order chi connectivity index (χ1) is 13.4. The molecular weight excluding hydrogens is 410 g/mol. The summed E-state index contributed by atoms with van der Waals surface area (Å²) in [6.07, 6.45) is 5.80. The number of rotatable bonds is 6. The normalized spacial score (nSPS) is 23.5. The van der Waals surface area contributed by atoms with E-state index in [-0.39, 0.29) is 18.5 Å². The maximum Gasteiger partial charge on any atom is 0.235 e. The number of ether oxygens (including phenoxy) is 1. The number of fused-ring (bicyclic) bond motifs is 2. The van der Waals surface area contributed by atoms with E-state index in [1.54, 1.807) is 20.0 Å². The summed E-state index contributed by atoms with van der Waals surface area (Å²) in [5, 5.41) is 2.98. The number of pyridine rings is 1. The number of para-hydroxylation sites is 1. The molecule has 6 nitrogen and oxygen atoms in total. The Kier molecular flexibility index (Phi) is 6.71. The van der Waals surface area contributed by atoms with E-state index in [9.17, 15) is 8.42 Å². The molecule has 1 aromatic carbocycles. The summed E-state index contributed by atoms with van der Waals surface area (Å²) >= 11 is 0. The fraction of sp³-hybridized carbons (Fsp3) is 0.476. The number of sulfonamides is 1. The second kappa shape index (κ2) is 8.90. The monoisotopic (exact) mass is 437 g/mol. The predicted molar refractivity (Wildman–Crippen MR) is 118 cm³/mol. The standard InChI is InChI=1S/C21H27N3O3S.ClH/c1-14(2)28(25,26)24-18-9-16(11-23-13-18)19-5-3-4-6-20(19)27-21-8-15-7-17(21)12-22-10-15;/h3-6,9,11,13-15,17,21-22,24H,7-8,10,12H2,1-2H3;1H. The molecule has 2 N–H and O–H groups in total. The van der Waals surface area contributed by atoms with Crippen molar-refractivity contribution in [3.05, 3.63) is 42.7 Å². The highest BCUT2D eigenvalue weighted by molar-refractivity contribution is 7.93. The molecule has 0 amide bonds. The number of hydrogen-bond acceptors (Lipinski definition) is 5. The smallest absolute Gasteiger partial charge is 0.235 e. The Labute approximate surface area is 178 Å². The van der Waals surface area contributed by atoms with Crippen LogP contribution < -0.4 is 14.8 Å². The van der Waals surface area contributed by atoms with Crippen molar-refractivity contribution in [2.75, 3.05) is 17.8 Å². The van der Waals surface area contributed by atoms with E-state index < -0.39 is 15.3 Å². The molecule has 1 aliphatic carbocycles. The number of halogens is 1. The van der Waals surface area contributed by atoms with Gasteiger partial charge in [-0.15, -0.1) is 12.4 Å². The van der Waals surface area contributed by atoms with Crippen LogP contribution in [0, 0.1) is 11.8 Å². The molecule has 4 rings (SSSR count). The first kappa shape index (κ1) is 21.9. The molecule has 158 valence electrons. The van der Waals surface area contributed by atoms with E-state index in [2.05, 4.69) is 15.0 Å². The van der Waals surface area contributed by atoms with Gasteiger partial charge in [-0.2, -0.15) is 0 Å². The van der Waals surface area contributed by atoms with E-state index in [0.717, 1.165) is 36.4 Å². The zero-order valence-corrected chi connectivity index (χ0v) is 18.3. The number of piperidine rings is 1. The van der Waals surface area contributed by atoms with Gasteiger partial charge in [0, 0.05) is 29.8 Å². The fourth-order valence-corrected chi connectivity index (χ4v) is 4.77. The summed E-state index contributed by atoms with van der Waals surface area (Å²) in [5.41, 5.74) is 2.22. The molecule has 1 aromatic heterocycles. The largest absolute Gasteiger partial charge is 0.489 e. The highest BCUT2D eigenvalue weighted by atomic mass is 35.5. The van der Waals surface area contributed by atoms with Gasteiger partial charge in [-0.1, -0.05) is 18.2 Å². The van der Waals surface area contributed by atoms with E-state index >= 15 is 0 Å². The van der Waals surface area contributed by atoms with Crippen molar-refractivity contribution < 1.29 is 13.2 Å². The molecule has 2 fully saturated rings. The lowest BCUT2D eigenvalue weighted by atomic mass is 10.0. The van der Waals surface area contributed by atoms with Crippen LogP contribution in [0.4, 0.5) is 5.69 Å². The molecule has 29 heavy (non-hydrogen) atoms. The summed E-state index contributed by atoms with van der Waals surface area (Å²) in [5.74, 6) is 2.08. The Hall–Kier alpha value is -1.83. The third-order valence-electron chi connectivity index (χ3n) is 5.66. The molecule has 2 heterocycles. The van der Waals surface area contributed by atoms with Gasteiger partial charge < -0.3 is 10.1 Å². The topological polar surface area (TPSA) is 80.3 Å². The zero-order valence-electron chi connectivity index (χ0n) is 16.7. The summed E-state index contributed by atoms with van der Waals surface area (Å²) in [6, 6.07) is 9.71. The number of benzene rings is 1. The molecule has 2 bridgehead atoms. The summed E-state index contributed by atoms with van der Waals surface area (Å²) in [4.78, 5) is 4.24. The van der Waals surface area contributed by atoms with Gasteiger partial charge in [-0.05, 0) is 51.3 Å². The van der Waals surface area contributed by atoms with Crippen molar-refractivity contribution in [1.29, 1.82) is 0 Å². The van der Waals surface area contributed by atoms with Crippen molar-refractivity contribution in [2.24, 2.45) is 11.8 Å². The minimum Gasteiger partial charge on any atom is -0.489 e. The average molecular weight is 438 g/mol. The molecule has 1 saturated heterocycles. The van der Waals surface area contributed by atoms with Crippen LogP contribution in [0.15, 0.2) is 42.7 Å². The van der Waals surface area contributed by atoms with Gasteiger partial charge in [0.1, 0.15) is 11.9 Å². The molecule has 0 radical (unpaired) electrons. The van der Waals surface area contributed by atoms with Crippen LogP contribution >= 0.6 is 12.4 Å². The quantitative estimate of drug-likeness (QED) is 0.720. The van der Waals surface area contributed by atoms with Gasteiger partial charge in [-0.25, -0.2) is 8.42 Å². The number of nitrogens with one attached hydrogen (secondary N) is 2. The van der Waals surface area contributed by atoms with E-state index in [0.29, 0.717) is 17.5 Å². The van der Waals surface area contributed by atoms with Gasteiger partial charge in [0.2, 0.25) is 10.0 Å². The van der Waals surface area contributed by atoms with Gasteiger partial charge in [-0.3, -0.25) is 9.71 Å². The lowest BCUT2D eigenvalue weighted by molar-refractivity contribution is 0.161. The Morgan fingerprint density at radius 2 is 1.97 bits per heavy atom. The summed E-state index contributed by atoms with van der Waals surface area (Å²) in [7, 11) is -3.42. The van der Waals surface area contributed by atoms with E-state index in [4.69, 9.17) is 4.74 Å². The predicted octanol–water partition coefficient (Wildman–Crippen LogP) is 3.70. The molecule has 2 aromatic rings. The van der Waals surface area contributed by atoms with Crippen LogP contribution in [-0.2, 0) is 10.0 Å². The van der Waals surface area contributed by atoms with Gasteiger partial charge in [0.05, 0.1) is 17.1 Å². The van der Waals surface area contributed by atoms with Crippen LogP contribution in [0.2, 0.25) is 0 Å². The van der Waals surface area contributed by atoms with Gasteiger partial charge in [0.25, 0.3) is 0 Å². The Balaban J connectivity index is 0.00000240. The average Bonchev–Trinajstić information content (AvgIpc) is 2.94. The number of hydrogen-bond donors (Lipinski definition) is 2. The third-order valence-corrected chi connectivity index (χ3v) is 7.42. The highest BCUT2D eigenvalue weighted by Gasteiger charge is 2.38. The van der Waals surface area contributed by atoms with Gasteiger partial charge in [0.15, 0.2) is 0 Å². The Morgan fingerprint density at radius 1 is 1.17 bits per heavy atom. The fourth-order valence-electron chi connectivity index (χ4n) is 4.09. The van der Waals surface area contributed by atoms with E-state index in [1.807, 2.05) is 30.3 Å². The third kappa shape index (κ3) is 4.85. The molecule has 3 atom stereocenters. The van der Waals surface area contributed by atoms with Crippen LogP contribution in [0.3, 0.4) is 0 Å². The van der Waals surface area contributed by atoms with Crippen LogP contribution in [0.5, 0.6) is 5.75 Å². The second-order valence-corrected chi connectivity index (χ2v) is 10.3. The highest BCUT2D eigenvalue weighted by Crippen LogP contribution is 2.39. The molecule has 2 aliphatic rings. The summed E-state index contributed by atoms with van der Waals surface area (Å²) in [6.45, 7) is 5.39. The van der Waals surface area contributed by atoms with Crippen LogP contribution in [0.1, 0.15) is 26.7 Å². The molecule has 8 heteroatoms. The van der Waals surface area contributed by atoms with Crippen molar-refractivity contribution in [3.63, 3.8) is 0 Å². The minimum atomic E-state index is -3.42. The molecule has 1 saturated carbocycles. The summed E-state index contributed by atoms with van der Waals surface area (Å²) < 4.78 is 33.4. The van der Waals surface area contributed by atoms with Crippen molar-refractivity contribution in [3.8, 4) is 16.9 Å². The molecular formula is C21H28ClN3O3S. The molecule has 3 unspecified atom stereocenters. The number of anilines is 1. The van der Waals surface area contributed by atoms with Crippen molar-refractivity contribution in [1.82, 2.24) is 10.3 Å². The van der Waals surface area contributed by atoms with E-state index in [1.165, 1.54) is 12.6 Å². The number of aromatic nitrogens is 1. The lowest BCUT2D eigenvalue weighted by Crippen LogP contribution is -2.34. The Bertz CT molecular complexity index is 952. The van der Waals surface area contributed by atoms with Crippen LogP contribution in [-0.4, -0.2) is 37.8 Å². The zero-order chi connectivity index (χ0) is 19.7.